The van der Waals surface area contributed by atoms with E-state index in [0.717, 1.165) is 6.42 Å². The molecule has 0 radical (unpaired) electrons. The lowest BCUT2D eigenvalue weighted by Gasteiger charge is -2.05. The van der Waals surface area contributed by atoms with Crippen LogP contribution in [0.1, 0.15) is 23.7 Å². The van der Waals surface area contributed by atoms with Crippen molar-refractivity contribution in [2.24, 2.45) is 11.8 Å². The van der Waals surface area contributed by atoms with Crippen LogP contribution in [-0.4, -0.2) is 17.4 Å². The fraction of sp³-hybridized carbons (Fsp3) is 0.417. The zero-order valence-corrected chi connectivity index (χ0v) is 10.1. The molecule has 1 aromatic carbocycles. The Hall–Kier alpha value is -2.11. The average molecular weight is 249 g/mol. The maximum Gasteiger partial charge on any atom is 0.292 e. The largest absolute Gasteiger partial charge is 0.393 e. The number of nitro groups is 1. The molecule has 0 heterocycles. The van der Waals surface area contributed by atoms with E-state index < -0.39 is 4.92 Å². The molecule has 1 amide bonds. The second kappa shape index (κ2) is 4.64. The van der Waals surface area contributed by atoms with Crippen molar-refractivity contribution in [3.05, 3.63) is 33.9 Å². The van der Waals surface area contributed by atoms with Gasteiger partial charge in [0.25, 0.3) is 11.6 Å². The molecule has 0 aromatic heterocycles. The first kappa shape index (κ1) is 12.3. The molecule has 1 fully saturated rings. The number of amides is 1. The molecule has 2 unspecified atom stereocenters. The molecular weight excluding hydrogens is 234 g/mol. The maximum absolute atomic E-state index is 11.8. The van der Waals surface area contributed by atoms with Crippen molar-refractivity contribution in [1.82, 2.24) is 5.32 Å². The van der Waals surface area contributed by atoms with Crippen LogP contribution in [0, 0.1) is 22.0 Å². The first-order chi connectivity index (χ1) is 8.49. The molecule has 1 aliphatic carbocycles. The monoisotopic (exact) mass is 249 g/mol. The number of hydrogen-bond acceptors (Lipinski definition) is 4. The number of nitrogens with one attached hydrogen (secondary N) is 1. The average Bonchev–Trinajstić information content (AvgIpc) is 3.01. The van der Waals surface area contributed by atoms with E-state index in [1.165, 1.54) is 18.2 Å². The van der Waals surface area contributed by atoms with Gasteiger partial charge in [-0.25, -0.2) is 0 Å². The fourth-order valence-corrected chi connectivity index (χ4v) is 1.87. The smallest absolute Gasteiger partial charge is 0.292 e. The number of nitrogens with zero attached hydrogens (tertiary/aromatic N) is 1. The van der Waals surface area contributed by atoms with Crippen LogP contribution in [0.5, 0.6) is 0 Å². The summed E-state index contributed by atoms with van der Waals surface area (Å²) in [5.41, 5.74) is 5.71. The second-order valence-corrected chi connectivity index (χ2v) is 4.71. The van der Waals surface area contributed by atoms with E-state index in [4.69, 9.17) is 5.73 Å². The minimum Gasteiger partial charge on any atom is -0.393 e. The van der Waals surface area contributed by atoms with Gasteiger partial charge in [0.15, 0.2) is 0 Å². The molecular formula is C12H15N3O3. The lowest BCUT2D eigenvalue weighted by Crippen LogP contribution is -2.26. The van der Waals surface area contributed by atoms with Crippen LogP contribution in [-0.2, 0) is 0 Å². The van der Waals surface area contributed by atoms with Crippen molar-refractivity contribution in [2.75, 3.05) is 12.3 Å². The van der Waals surface area contributed by atoms with Gasteiger partial charge in [-0.2, -0.15) is 0 Å². The topological polar surface area (TPSA) is 98.3 Å². The first-order valence-electron chi connectivity index (χ1n) is 5.81. The molecule has 6 heteroatoms. The predicted molar refractivity (Wildman–Crippen MR) is 67.1 cm³/mol. The predicted octanol–water partition coefficient (Wildman–Crippen LogP) is 1.56. The number of rotatable bonds is 4. The van der Waals surface area contributed by atoms with Crippen molar-refractivity contribution in [3.63, 3.8) is 0 Å². The molecule has 0 saturated heterocycles. The van der Waals surface area contributed by atoms with E-state index in [9.17, 15) is 14.9 Å². The molecule has 18 heavy (non-hydrogen) atoms. The number of nitrogen functional groups attached to an aromatic ring is 1. The number of hydrogen-bond donors (Lipinski definition) is 2. The third-order valence-corrected chi connectivity index (χ3v) is 3.29. The number of nitrogens with two attached hydrogens (primary N) is 1. The van der Waals surface area contributed by atoms with Crippen LogP contribution in [0.15, 0.2) is 18.2 Å². The van der Waals surface area contributed by atoms with E-state index >= 15 is 0 Å². The highest BCUT2D eigenvalue weighted by atomic mass is 16.6. The summed E-state index contributed by atoms with van der Waals surface area (Å²) in [4.78, 5) is 21.8. The molecule has 1 aromatic rings. The highest BCUT2D eigenvalue weighted by molar-refractivity contribution is 5.95. The molecule has 1 saturated carbocycles. The van der Waals surface area contributed by atoms with Crippen LogP contribution < -0.4 is 11.1 Å². The number of nitro benzene ring substituents is 1. The maximum atomic E-state index is 11.8. The van der Waals surface area contributed by atoms with E-state index in [1.807, 2.05) is 0 Å². The van der Waals surface area contributed by atoms with Gasteiger partial charge in [0, 0.05) is 18.2 Å². The van der Waals surface area contributed by atoms with Crippen LogP contribution >= 0.6 is 0 Å². The lowest BCUT2D eigenvalue weighted by atomic mass is 10.1. The van der Waals surface area contributed by atoms with Gasteiger partial charge in [0.1, 0.15) is 5.69 Å². The summed E-state index contributed by atoms with van der Waals surface area (Å²) >= 11 is 0. The van der Waals surface area contributed by atoms with E-state index in [-0.39, 0.29) is 17.3 Å². The normalized spacial score (nSPS) is 21.4. The van der Waals surface area contributed by atoms with E-state index in [2.05, 4.69) is 12.2 Å². The number of carbonyl (C=O) groups excluding carboxylic acids is 1. The Morgan fingerprint density at radius 3 is 2.78 bits per heavy atom. The summed E-state index contributed by atoms with van der Waals surface area (Å²) in [5.74, 6) is 0.993. The van der Waals surface area contributed by atoms with Gasteiger partial charge < -0.3 is 11.1 Å². The van der Waals surface area contributed by atoms with Crippen molar-refractivity contribution in [2.45, 2.75) is 13.3 Å². The summed E-state index contributed by atoms with van der Waals surface area (Å²) in [6.45, 7) is 2.79. The van der Waals surface area contributed by atoms with E-state index in [1.54, 1.807) is 0 Å². The lowest BCUT2D eigenvalue weighted by molar-refractivity contribution is -0.383. The molecule has 3 N–H and O–H groups in total. The number of anilines is 1. The Morgan fingerprint density at radius 1 is 1.61 bits per heavy atom. The molecule has 1 aliphatic rings. The summed E-state index contributed by atoms with van der Waals surface area (Å²) < 4.78 is 0. The van der Waals surface area contributed by atoms with Gasteiger partial charge in [0.05, 0.1) is 4.92 Å². The zero-order chi connectivity index (χ0) is 13.3. The van der Waals surface area contributed by atoms with Gasteiger partial charge in [-0.1, -0.05) is 6.92 Å². The molecule has 2 rings (SSSR count). The van der Waals surface area contributed by atoms with Gasteiger partial charge in [0.2, 0.25) is 0 Å². The SMILES string of the molecule is CC1CC1CNC(=O)c1ccc([N+](=O)[O-])c(N)c1. The Bertz CT molecular complexity index is 501. The molecule has 96 valence electrons. The Balaban J connectivity index is 2.01. The van der Waals surface area contributed by atoms with E-state index in [0.29, 0.717) is 23.9 Å². The highest BCUT2D eigenvalue weighted by Crippen LogP contribution is 2.36. The Kier molecular flexibility index (Phi) is 3.18. The molecule has 2 atom stereocenters. The van der Waals surface area contributed by atoms with Gasteiger partial charge >= 0.3 is 0 Å². The van der Waals surface area contributed by atoms with Crippen molar-refractivity contribution < 1.29 is 9.72 Å². The highest BCUT2D eigenvalue weighted by Gasteiger charge is 2.32. The van der Waals surface area contributed by atoms with Crippen LogP contribution in [0.25, 0.3) is 0 Å². The summed E-state index contributed by atoms with van der Waals surface area (Å²) in [6.07, 6.45) is 1.14. The fourth-order valence-electron chi connectivity index (χ4n) is 1.87. The van der Waals surface area contributed by atoms with Crippen LogP contribution in [0.2, 0.25) is 0 Å². The van der Waals surface area contributed by atoms with Crippen molar-refractivity contribution >= 4 is 17.3 Å². The molecule has 0 bridgehead atoms. The van der Waals surface area contributed by atoms with Gasteiger partial charge in [-0.05, 0) is 30.4 Å². The number of benzene rings is 1. The second-order valence-electron chi connectivity index (χ2n) is 4.71. The third-order valence-electron chi connectivity index (χ3n) is 3.29. The van der Waals surface area contributed by atoms with Crippen LogP contribution in [0.3, 0.4) is 0 Å². The van der Waals surface area contributed by atoms with Gasteiger partial charge in [-0.15, -0.1) is 0 Å². The van der Waals surface area contributed by atoms with Crippen LogP contribution in [0.4, 0.5) is 11.4 Å². The number of carbonyl (C=O) groups is 1. The summed E-state index contributed by atoms with van der Waals surface area (Å²) in [6, 6.07) is 4.01. The minimum absolute atomic E-state index is 0.00689. The van der Waals surface area contributed by atoms with Crippen molar-refractivity contribution in [3.8, 4) is 0 Å². The quantitative estimate of drug-likeness (QED) is 0.480. The molecule has 6 nitrogen and oxygen atoms in total. The minimum atomic E-state index is -0.567. The van der Waals surface area contributed by atoms with Crippen molar-refractivity contribution in [1.29, 1.82) is 0 Å². The Morgan fingerprint density at radius 2 is 2.28 bits per heavy atom. The summed E-state index contributed by atoms with van der Waals surface area (Å²) in [7, 11) is 0. The first-order valence-corrected chi connectivity index (χ1v) is 5.81. The molecule has 0 spiro atoms. The van der Waals surface area contributed by atoms with Gasteiger partial charge in [-0.3, -0.25) is 14.9 Å². The summed E-state index contributed by atoms with van der Waals surface area (Å²) in [5, 5.41) is 13.4. The zero-order valence-electron chi connectivity index (χ0n) is 10.1. The molecule has 0 aliphatic heterocycles. The Labute approximate surface area is 104 Å². The third kappa shape index (κ3) is 2.58. The standard InChI is InChI=1S/C12H15N3O3/c1-7-4-9(7)6-14-12(16)8-2-3-11(15(17)18)10(13)5-8/h2-3,5,7,9H,4,6,13H2,1H3,(H,14,16).